The zero-order chi connectivity index (χ0) is 21.3. The monoisotopic (exact) mass is 408 g/mol. The van der Waals surface area contributed by atoms with Gasteiger partial charge in [-0.25, -0.2) is 9.59 Å². The second kappa shape index (κ2) is 7.50. The average molecular weight is 408 g/mol. The number of carbonyl (C=O) groups is 1. The Bertz CT molecular complexity index is 1150. The second-order valence-corrected chi connectivity index (χ2v) is 6.00. The molecule has 0 aliphatic rings. The van der Waals surface area contributed by atoms with E-state index in [1.54, 1.807) is 0 Å². The van der Waals surface area contributed by atoms with E-state index in [1.807, 2.05) is 0 Å². The first-order chi connectivity index (χ1) is 13.7. The first-order valence-corrected chi connectivity index (χ1v) is 8.24. The molecule has 1 heterocycles. The van der Waals surface area contributed by atoms with E-state index in [9.17, 15) is 22.8 Å². The summed E-state index contributed by atoms with van der Waals surface area (Å²) in [7, 11) is 2.85. The van der Waals surface area contributed by atoms with Crippen LogP contribution in [0.25, 0.3) is 11.0 Å². The number of rotatable bonds is 4. The fourth-order valence-electron chi connectivity index (χ4n) is 2.81. The van der Waals surface area contributed by atoms with Gasteiger partial charge in [0, 0.05) is 17.0 Å². The number of carbonyl (C=O) groups excluding carboxylic acids is 1. The van der Waals surface area contributed by atoms with Gasteiger partial charge in [0.2, 0.25) is 0 Å². The molecule has 0 saturated carbocycles. The Labute approximate surface area is 162 Å². The molecule has 1 aromatic heterocycles. The summed E-state index contributed by atoms with van der Waals surface area (Å²) < 4.78 is 60.1. The van der Waals surface area contributed by atoms with Crippen LogP contribution in [-0.2, 0) is 6.18 Å². The largest absolute Gasteiger partial charge is 0.493 e. The number of fused-ring (bicyclic) bond motifs is 1. The molecule has 0 saturated heterocycles. The van der Waals surface area contributed by atoms with Gasteiger partial charge in [0.05, 0.1) is 25.3 Å². The van der Waals surface area contributed by atoms with Gasteiger partial charge in [-0.05, 0) is 37.3 Å². The van der Waals surface area contributed by atoms with Crippen LogP contribution in [0.5, 0.6) is 17.2 Å². The highest BCUT2D eigenvalue weighted by Crippen LogP contribution is 2.37. The minimum Gasteiger partial charge on any atom is -0.493 e. The molecular formula is C20H15F3O6. The maximum absolute atomic E-state index is 13.2. The van der Waals surface area contributed by atoms with E-state index in [1.165, 1.54) is 45.4 Å². The first-order valence-electron chi connectivity index (χ1n) is 8.24. The zero-order valence-electron chi connectivity index (χ0n) is 15.5. The Kier molecular flexibility index (Phi) is 5.23. The van der Waals surface area contributed by atoms with E-state index in [4.69, 9.17) is 18.6 Å². The van der Waals surface area contributed by atoms with Crippen molar-refractivity contribution in [2.45, 2.75) is 13.1 Å². The van der Waals surface area contributed by atoms with Crippen LogP contribution in [0.4, 0.5) is 13.2 Å². The molecule has 0 atom stereocenters. The Balaban J connectivity index is 2.02. The predicted octanol–water partition coefficient (Wildman–Crippen LogP) is 4.36. The summed E-state index contributed by atoms with van der Waals surface area (Å²) in [6, 6.07) is 7.05. The summed E-state index contributed by atoms with van der Waals surface area (Å²) in [6.07, 6.45) is -4.74. The van der Waals surface area contributed by atoms with E-state index in [2.05, 4.69) is 0 Å². The molecule has 0 N–H and O–H groups in total. The summed E-state index contributed by atoms with van der Waals surface area (Å²) in [5.41, 5.74) is -2.37. The molecule has 29 heavy (non-hydrogen) atoms. The van der Waals surface area contributed by atoms with Crippen molar-refractivity contribution in [2.75, 3.05) is 14.2 Å². The Morgan fingerprint density at radius 3 is 2.24 bits per heavy atom. The Morgan fingerprint density at radius 2 is 1.62 bits per heavy atom. The molecule has 3 aromatic rings. The van der Waals surface area contributed by atoms with Crippen molar-refractivity contribution in [3.05, 3.63) is 63.5 Å². The lowest BCUT2D eigenvalue weighted by Gasteiger charge is -2.13. The number of alkyl halides is 3. The molecule has 0 spiro atoms. The lowest BCUT2D eigenvalue weighted by molar-refractivity contribution is -0.136. The van der Waals surface area contributed by atoms with E-state index in [-0.39, 0.29) is 27.8 Å². The van der Waals surface area contributed by atoms with Crippen molar-refractivity contribution in [3.8, 4) is 17.2 Å². The second-order valence-electron chi connectivity index (χ2n) is 6.00. The van der Waals surface area contributed by atoms with E-state index >= 15 is 0 Å². The minimum atomic E-state index is -4.74. The molecule has 0 unspecified atom stereocenters. The van der Waals surface area contributed by atoms with Gasteiger partial charge >= 0.3 is 17.8 Å². The lowest BCUT2D eigenvalue weighted by Crippen LogP contribution is -2.13. The third-order valence-electron chi connectivity index (χ3n) is 4.24. The Hall–Kier alpha value is -3.49. The zero-order valence-corrected chi connectivity index (χ0v) is 15.5. The van der Waals surface area contributed by atoms with E-state index < -0.39 is 23.3 Å². The molecular weight excluding hydrogens is 393 g/mol. The van der Waals surface area contributed by atoms with Crippen molar-refractivity contribution < 1.29 is 36.6 Å². The van der Waals surface area contributed by atoms with Gasteiger partial charge in [-0.3, -0.25) is 0 Å². The molecule has 152 valence electrons. The van der Waals surface area contributed by atoms with Crippen molar-refractivity contribution in [3.63, 3.8) is 0 Å². The number of hydrogen-bond donors (Lipinski definition) is 0. The molecule has 0 radical (unpaired) electrons. The smallest absolute Gasteiger partial charge is 0.417 e. The fraction of sp³-hybridized carbons (Fsp3) is 0.200. The summed E-state index contributed by atoms with van der Waals surface area (Å²) in [5.74, 6) is -0.104. The third kappa shape index (κ3) is 3.89. The summed E-state index contributed by atoms with van der Waals surface area (Å²) in [6.45, 7) is 1.39. The number of hydrogen-bond acceptors (Lipinski definition) is 6. The Morgan fingerprint density at radius 1 is 0.966 bits per heavy atom. The van der Waals surface area contributed by atoms with Gasteiger partial charge in [-0.2, -0.15) is 13.2 Å². The van der Waals surface area contributed by atoms with Crippen molar-refractivity contribution in [2.24, 2.45) is 0 Å². The number of methoxy groups -OCH3 is 2. The molecule has 0 amide bonds. The normalized spacial score (nSPS) is 11.4. The van der Waals surface area contributed by atoms with Gasteiger partial charge in [-0.15, -0.1) is 0 Å². The first kappa shape index (κ1) is 20.2. The van der Waals surface area contributed by atoms with E-state index in [0.29, 0.717) is 17.6 Å². The highest BCUT2D eigenvalue weighted by atomic mass is 19.4. The van der Waals surface area contributed by atoms with Gasteiger partial charge in [0.25, 0.3) is 0 Å². The van der Waals surface area contributed by atoms with Crippen LogP contribution in [0.3, 0.4) is 0 Å². The summed E-state index contributed by atoms with van der Waals surface area (Å²) in [5, 5.41) is -0.305. The predicted molar refractivity (Wildman–Crippen MR) is 96.7 cm³/mol. The summed E-state index contributed by atoms with van der Waals surface area (Å²) in [4.78, 5) is 24.1. The van der Waals surface area contributed by atoms with Gasteiger partial charge in [-0.1, -0.05) is 0 Å². The van der Waals surface area contributed by atoms with Crippen LogP contribution < -0.4 is 19.8 Å². The van der Waals surface area contributed by atoms with Crippen LogP contribution in [0.2, 0.25) is 0 Å². The highest BCUT2D eigenvalue weighted by Gasteiger charge is 2.34. The SMILES string of the molecule is COc1ccc(C(=O)Oc2ccc3c(C(F)(F)F)cc(=O)oc3c2C)cc1OC. The van der Waals surface area contributed by atoms with Crippen molar-refractivity contribution >= 4 is 16.9 Å². The molecule has 9 heteroatoms. The average Bonchev–Trinajstić information content (AvgIpc) is 2.68. The van der Waals surface area contributed by atoms with Crippen molar-refractivity contribution in [1.29, 1.82) is 0 Å². The maximum Gasteiger partial charge on any atom is 0.417 e. The van der Waals surface area contributed by atoms with Crippen LogP contribution in [0.15, 0.2) is 45.6 Å². The molecule has 0 fully saturated rings. The number of benzene rings is 2. The standard InChI is InChI=1S/C20H15F3O6/c1-10-14(28-19(25)11-4-6-15(26-2)16(8-11)27-3)7-5-12-13(20(21,22)23)9-17(24)29-18(10)12/h4-9H,1-3H3. The molecule has 2 aromatic carbocycles. The van der Waals surface area contributed by atoms with Crippen LogP contribution in [0, 0.1) is 6.92 Å². The highest BCUT2D eigenvalue weighted by molar-refractivity contribution is 5.93. The minimum absolute atomic E-state index is 0.0419. The molecule has 0 aliphatic carbocycles. The van der Waals surface area contributed by atoms with Crippen LogP contribution in [-0.4, -0.2) is 20.2 Å². The third-order valence-corrected chi connectivity index (χ3v) is 4.24. The lowest BCUT2D eigenvalue weighted by atomic mass is 10.1. The molecule has 0 bridgehead atoms. The van der Waals surface area contributed by atoms with Gasteiger partial charge in [0.15, 0.2) is 11.5 Å². The maximum atomic E-state index is 13.2. The quantitative estimate of drug-likeness (QED) is 0.363. The van der Waals surface area contributed by atoms with Crippen molar-refractivity contribution in [1.82, 2.24) is 0 Å². The number of aryl methyl sites for hydroxylation is 1. The molecule has 3 rings (SSSR count). The molecule has 6 nitrogen and oxygen atoms in total. The van der Waals surface area contributed by atoms with Crippen LogP contribution in [0.1, 0.15) is 21.5 Å². The number of halogens is 3. The van der Waals surface area contributed by atoms with Crippen LogP contribution >= 0.6 is 0 Å². The number of esters is 1. The molecule has 0 aliphatic heterocycles. The fourth-order valence-corrected chi connectivity index (χ4v) is 2.81. The van der Waals surface area contributed by atoms with E-state index in [0.717, 1.165) is 6.07 Å². The number of ether oxygens (including phenoxy) is 3. The van der Waals surface area contributed by atoms with Gasteiger partial charge in [0.1, 0.15) is 11.3 Å². The van der Waals surface area contributed by atoms with Gasteiger partial charge < -0.3 is 18.6 Å². The topological polar surface area (TPSA) is 75.0 Å². The summed E-state index contributed by atoms with van der Waals surface area (Å²) >= 11 is 0.